The summed E-state index contributed by atoms with van der Waals surface area (Å²) in [5.41, 5.74) is 3.00. The summed E-state index contributed by atoms with van der Waals surface area (Å²) in [5.74, 6) is 0.578. The van der Waals surface area contributed by atoms with Gasteiger partial charge in [0, 0.05) is 6.42 Å². The fourth-order valence-electron chi connectivity index (χ4n) is 3.18. The van der Waals surface area contributed by atoms with E-state index in [2.05, 4.69) is 0 Å². The van der Waals surface area contributed by atoms with Gasteiger partial charge in [0.1, 0.15) is 17.2 Å². The summed E-state index contributed by atoms with van der Waals surface area (Å²) >= 11 is 0. The molecule has 6 nitrogen and oxygen atoms in total. The number of ether oxygens (including phenoxy) is 1. The average Bonchev–Trinajstić information content (AvgIpc) is 3.38. The molecule has 2 heterocycles. The second-order valence-electron chi connectivity index (χ2n) is 6.21. The number of furan rings is 1. The molecule has 1 aliphatic heterocycles. The van der Waals surface area contributed by atoms with Gasteiger partial charge in [-0.1, -0.05) is 12.1 Å². The molecule has 6 heteroatoms. The van der Waals surface area contributed by atoms with E-state index in [0.29, 0.717) is 6.42 Å². The molecule has 0 amide bonds. The Kier molecular flexibility index (Phi) is 4.38. The zero-order valence-electron chi connectivity index (χ0n) is 14.7. The van der Waals surface area contributed by atoms with E-state index in [1.54, 1.807) is 37.6 Å². The third-order valence-electron chi connectivity index (χ3n) is 4.60. The lowest BCUT2D eigenvalue weighted by atomic mass is 10.0. The Hall–Kier alpha value is -3.54. The Morgan fingerprint density at radius 3 is 2.48 bits per heavy atom. The molecule has 1 aromatic heterocycles. The van der Waals surface area contributed by atoms with Crippen LogP contribution in [0.25, 0.3) is 0 Å². The van der Waals surface area contributed by atoms with E-state index in [1.165, 1.54) is 0 Å². The smallest absolute Gasteiger partial charge is 0.335 e. The monoisotopic (exact) mass is 362 g/mol. The van der Waals surface area contributed by atoms with Crippen molar-refractivity contribution in [3.05, 3.63) is 83.8 Å². The highest BCUT2D eigenvalue weighted by atomic mass is 16.5. The quantitative estimate of drug-likeness (QED) is 0.731. The maximum absolute atomic E-state index is 11.1. The zero-order valence-corrected chi connectivity index (χ0v) is 14.7. The number of methoxy groups -OCH3 is 1. The van der Waals surface area contributed by atoms with Gasteiger partial charge in [-0.3, -0.25) is 5.01 Å². The number of anilines is 1. The molecule has 0 saturated heterocycles. The van der Waals surface area contributed by atoms with Gasteiger partial charge in [-0.05, 0) is 54.1 Å². The highest BCUT2D eigenvalue weighted by molar-refractivity contribution is 6.01. The molecule has 136 valence electrons. The van der Waals surface area contributed by atoms with Crippen LogP contribution < -0.4 is 9.75 Å². The molecule has 4 rings (SSSR count). The summed E-state index contributed by atoms with van der Waals surface area (Å²) in [6.45, 7) is 0. The van der Waals surface area contributed by atoms with Crippen LogP contribution in [-0.4, -0.2) is 23.9 Å². The minimum absolute atomic E-state index is 0.0216. The second kappa shape index (κ2) is 6.99. The third-order valence-corrected chi connectivity index (χ3v) is 4.60. The van der Waals surface area contributed by atoms with Gasteiger partial charge in [0.25, 0.3) is 0 Å². The summed E-state index contributed by atoms with van der Waals surface area (Å²) in [4.78, 5) is 11.1. The van der Waals surface area contributed by atoms with Crippen molar-refractivity contribution in [1.29, 1.82) is 0 Å². The van der Waals surface area contributed by atoms with Crippen LogP contribution in [0.15, 0.2) is 76.4 Å². The van der Waals surface area contributed by atoms with Gasteiger partial charge in [-0.2, -0.15) is 5.10 Å². The molecule has 3 aromatic rings. The molecule has 0 spiro atoms. The zero-order chi connectivity index (χ0) is 18.8. The lowest BCUT2D eigenvalue weighted by molar-refractivity contribution is 0.0697. The summed E-state index contributed by atoms with van der Waals surface area (Å²) in [5, 5.41) is 15.8. The number of benzene rings is 2. The molecule has 2 aromatic carbocycles. The van der Waals surface area contributed by atoms with Crippen LogP contribution in [0.5, 0.6) is 5.75 Å². The lowest BCUT2D eigenvalue weighted by Gasteiger charge is -2.24. The van der Waals surface area contributed by atoms with Crippen LogP contribution in [0, 0.1) is 0 Å². The van der Waals surface area contributed by atoms with Crippen molar-refractivity contribution < 1.29 is 19.1 Å². The van der Waals surface area contributed by atoms with Gasteiger partial charge in [-0.15, -0.1) is 0 Å². The van der Waals surface area contributed by atoms with Gasteiger partial charge < -0.3 is 14.3 Å². The molecular formula is C21H18N2O4. The number of nitrogens with zero attached hydrogens (tertiary/aromatic N) is 2. The van der Waals surface area contributed by atoms with E-state index in [-0.39, 0.29) is 11.6 Å². The predicted octanol–water partition coefficient (Wildman–Crippen LogP) is 4.34. The Morgan fingerprint density at radius 1 is 1.15 bits per heavy atom. The van der Waals surface area contributed by atoms with Crippen LogP contribution in [0.2, 0.25) is 0 Å². The van der Waals surface area contributed by atoms with Crippen LogP contribution in [-0.2, 0) is 0 Å². The molecule has 1 N–H and O–H groups in total. The first-order chi connectivity index (χ1) is 13.2. The highest BCUT2D eigenvalue weighted by Gasteiger charge is 2.31. The van der Waals surface area contributed by atoms with E-state index in [1.807, 2.05) is 41.4 Å². The van der Waals surface area contributed by atoms with Gasteiger partial charge >= 0.3 is 5.97 Å². The maximum atomic E-state index is 11.1. The van der Waals surface area contributed by atoms with Crippen LogP contribution in [0.3, 0.4) is 0 Å². The molecule has 0 saturated carbocycles. The number of rotatable bonds is 5. The summed E-state index contributed by atoms with van der Waals surface area (Å²) < 4.78 is 10.8. The molecule has 27 heavy (non-hydrogen) atoms. The normalized spacial score (nSPS) is 16.3. The molecule has 1 aliphatic rings. The number of hydrogen-bond donors (Lipinski definition) is 1. The number of hydrazone groups is 1. The van der Waals surface area contributed by atoms with Crippen molar-refractivity contribution >= 4 is 17.4 Å². The van der Waals surface area contributed by atoms with E-state index in [0.717, 1.165) is 28.5 Å². The molecule has 0 aliphatic carbocycles. The Bertz CT molecular complexity index is 960. The highest BCUT2D eigenvalue weighted by Crippen LogP contribution is 2.37. The Morgan fingerprint density at radius 2 is 1.89 bits per heavy atom. The van der Waals surface area contributed by atoms with Gasteiger partial charge in [0.15, 0.2) is 0 Å². The van der Waals surface area contributed by atoms with Crippen molar-refractivity contribution in [2.45, 2.75) is 12.5 Å². The second-order valence-corrected chi connectivity index (χ2v) is 6.21. The van der Waals surface area contributed by atoms with Crippen LogP contribution in [0.4, 0.5) is 5.69 Å². The summed E-state index contributed by atoms with van der Waals surface area (Å²) in [6, 6.07) is 18.3. The van der Waals surface area contributed by atoms with Crippen molar-refractivity contribution in [2.24, 2.45) is 5.10 Å². The summed E-state index contributed by atoms with van der Waals surface area (Å²) in [6.07, 6.45) is 2.31. The molecule has 0 bridgehead atoms. The minimum atomic E-state index is -0.950. The molecule has 0 radical (unpaired) electrons. The van der Waals surface area contributed by atoms with E-state index < -0.39 is 5.97 Å². The van der Waals surface area contributed by atoms with Crippen LogP contribution >= 0.6 is 0 Å². The van der Waals surface area contributed by atoms with Crippen molar-refractivity contribution in [3.63, 3.8) is 0 Å². The van der Waals surface area contributed by atoms with E-state index in [4.69, 9.17) is 19.4 Å². The number of carbonyl (C=O) groups is 1. The Labute approximate surface area is 156 Å². The fraction of sp³-hybridized carbons (Fsp3) is 0.143. The summed E-state index contributed by atoms with van der Waals surface area (Å²) in [7, 11) is 1.64. The molecule has 1 unspecified atom stereocenters. The van der Waals surface area contributed by atoms with Gasteiger partial charge in [-0.25, -0.2) is 4.79 Å². The van der Waals surface area contributed by atoms with Gasteiger partial charge in [0.2, 0.25) is 0 Å². The number of carboxylic acids is 1. The topological polar surface area (TPSA) is 75.3 Å². The lowest BCUT2D eigenvalue weighted by Crippen LogP contribution is -2.18. The van der Waals surface area contributed by atoms with E-state index >= 15 is 0 Å². The third kappa shape index (κ3) is 3.29. The number of carboxylic acid groups (broad SMARTS) is 1. The fourth-order valence-corrected chi connectivity index (χ4v) is 3.18. The molecule has 1 atom stereocenters. The van der Waals surface area contributed by atoms with Gasteiger partial charge in [0.05, 0.1) is 30.7 Å². The molecular weight excluding hydrogens is 344 g/mol. The van der Waals surface area contributed by atoms with Crippen molar-refractivity contribution in [1.82, 2.24) is 0 Å². The largest absolute Gasteiger partial charge is 0.497 e. The number of hydrogen-bond acceptors (Lipinski definition) is 5. The predicted molar refractivity (Wildman–Crippen MR) is 101 cm³/mol. The maximum Gasteiger partial charge on any atom is 0.335 e. The first-order valence-electron chi connectivity index (χ1n) is 8.53. The van der Waals surface area contributed by atoms with E-state index in [9.17, 15) is 4.79 Å². The molecule has 0 fully saturated rings. The van der Waals surface area contributed by atoms with Crippen LogP contribution in [0.1, 0.15) is 34.1 Å². The SMILES string of the molecule is COc1ccc(C2CC(c3ccco3)=NN2c2ccc(C(=O)O)cc2)cc1. The first-order valence-corrected chi connectivity index (χ1v) is 8.53. The average molecular weight is 362 g/mol. The van der Waals surface area contributed by atoms with Crippen molar-refractivity contribution in [3.8, 4) is 5.75 Å². The first kappa shape index (κ1) is 16.9. The minimum Gasteiger partial charge on any atom is -0.497 e. The van der Waals surface area contributed by atoms with Crippen molar-refractivity contribution in [2.75, 3.05) is 12.1 Å². The number of aromatic carboxylic acids is 1. The standard InChI is InChI=1S/C21H18N2O4/c1-26-17-10-6-14(7-11-17)19-13-18(20-3-2-12-27-20)22-23(19)16-8-4-15(5-9-16)21(24)25/h2-12,19H,13H2,1H3,(H,24,25). The Balaban J connectivity index is 1.71.